The zero-order valence-electron chi connectivity index (χ0n) is 12.5. The maximum absolute atomic E-state index is 12.6. The Kier molecular flexibility index (Phi) is 4.35. The van der Waals surface area contributed by atoms with Gasteiger partial charge in [-0.25, -0.2) is 4.68 Å². The van der Waals surface area contributed by atoms with Gasteiger partial charge in [0.1, 0.15) is 5.69 Å². The molecule has 0 aliphatic rings. The van der Waals surface area contributed by atoms with Crippen molar-refractivity contribution < 1.29 is 18.3 Å². The first kappa shape index (κ1) is 16.2. The van der Waals surface area contributed by atoms with Gasteiger partial charge in [0, 0.05) is 5.56 Å². The SMILES string of the molecule is OC(Cn1cc(-c2ccc(C(F)(F)F)cc2)nn1)c1ccccc1. The molecule has 0 fully saturated rings. The zero-order valence-corrected chi connectivity index (χ0v) is 12.5. The van der Waals surface area contributed by atoms with Gasteiger partial charge in [-0.1, -0.05) is 47.7 Å². The molecule has 1 aromatic heterocycles. The number of nitrogens with zero attached hydrogens (tertiary/aromatic N) is 3. The van der Waals surface area contributed by atoms with E-state index < -0.39 is 17.8 Å². The van der Waals surface area contributed by atoms with E-state index >= 15 is 0 Å². The van der Waals surface area contributed by atoms with Crippen molar-refractivity contribution in [1.82, 2.24) is 15.0 Å². The fourth-order valence-electron chi connectivity index (χ4n) is 2.31. The van der Waals surface area contributed by atoms with Crippen LogP contribution >= 0.6 is 0 Å². The Morgan fingerprint density at radius 2 is 1.67 bits per heavy atom. The Balaban J connectivity index is 1.74. The highest BCUT2D eigenvalue weighted by Gasteiger charge is 2.30. The van der Waals surface area contributed by atoms with Gasteiger partial charge in [-0.05, 0) is 17.7 Å². The summed E-state index contributed by atoms with van der Waals surface area (Å²) in [7, 11) is 0. The van der Waals surface area contributed by atoms with E-state index in [1.807, 2.05) is 18.2 Å². The van der Waals surface area contributed by atoms with E-state index in [1.165, 1.54) is 16.8 Å². The molecule has 24 heavy (non-hydrogen) atoms. The van der Waals surface area contributed by atoms with Gasteiger partial charge in [-0.3, -0.25) is 0 Å². The first-order valence-electron chi connectivity index (χ1n) is 7.24. The lowest BCUT2D eigenvalue weighted by atomic mass is 10.1. The molecule has 1 atom stereocenters. The molecule has 0 amide bonds. The van der Waals surface area contributed by atoms with Gasteiger partial charge in [0.25, 0.3) is 0 Å². The molecule has 3 rings (SSSR count). The summed E-state index contributed by atoms with van der Waals surface area (Å²) in [6.07, 6.45) is -3.52. The van der Waals surface area contributed by atoms with Crippen LogP contribution < -0.4 is 0 Å². The molecule has 0 aliphatic carbocycles. The second-order valence-corrected chi connectivity index (χ2v) is 5.33. The van der Waals surface area contributed by atoms with E-state index in [4.69, 9.17) is 0 Å². The maximum Gasteiger partial charge on any atom is 0.416 e. The van der Waals surface area contributed by atoms with Crippen molar-refractivity contribution in [2.24, 2.45) is 0 Å². The van der Waals surface area contributed by atoms with Crippen LogP contribution in [0.1, 0.15) is 17.2 Å². The Bertz CT molecular complexity index is 798. The van der Waals surface area contributed by atoms with E-state index in [-0.39, 0.29) is 6.54 Å². The monoisotopic (exact) mass is 333 g/mol. The average molecular weight is 333 g/mol. The lowest BCUT2D eigenvalue weighted by molar-refractivity contribution is -0.137. The number of hydrogen-bond acceptors (Lipinski definition) is 3. The van der Waals surface area contributed by atoms with Crippen LogP contribution in [0.5, 0.6) is 0 Å². The molecule has 0 radical (unpaired) electrons. The standard InChI is InChI=1S/C17H14F3N3O/c18-17(19,20)14-8-6-12(7-9-14)15-10-23(22-21-15)11-16(24)13-4-2-1-3-5-13/h1-10,16,24H,11H2. The first-order valence-corrected chi connectivity index (χ1v) is 7.24. The van der Waals surface area contributed by atoms with E-state index in [0.717, 1.165) is 17.7 Å². The highest BCUT2D eigenvalue weighted by Crippen LogP contribution is 2.30. The predicted octanol–water partition coefficient (Wildman–Crippen LogP) is 3.70. The normalized spacial score (nSPS) is 13.0. The van der Waals surface area contributed by atoms with Crippen LogP contribution in [0, 0.1) is 0 Å². The molecule has 2 aromatic carbocycles. The molecule has 4 nitrogen and oxygen atoms in total. The van der Waals surface area contributed by atoms with Gasteiger partial charge >= 0.3 is 6.18 Å². The van der Waals surface area contributed by atoms with Gasteiger partial charge in [-0.2, -0.15) is 13.2 Å². The minimum absolute atomic E-state index is 0.206. The molecule has 0 saturated carbocycles. The number of aromatic nitrogens is 3. The second kappa shape index (κ2) is 6.45. The summed E-state index contributed by atoms with van der Waals surface area (Å²) in [6, 6.07) is 13.8. The Morgan fingerprint density at radius 3 is 2.29 bits per heavy atom. The zero-order chi connectivity index (χ0) is 17.2. The lowest BCUT2D eigenvalue weighted by Gasteiger charge is -2.10. The van der Waals surface area contributed by atoms with Gasteiger partial charge in [0.05, 0.1) is 24.4 Å². The van der Waals surface area contributed by atoms with Crippen LogP contribution in [0.25, 0.3) is 11.3 Å². The number of rotatable bonds is 4. The number of benzene rings is 2. The lowest BCUT2D eigenvalue weighted by Crippen LogP contribution is -2.09. The number of aliphatic hydroxyl groups is 1. The van der Waals surface area contributed by atoms with Gasteiger partial charge in [-0.15, -0.1) is 5.10 Å². The Morgan fingerprint density at radius 1 is 1.00 bits per heavy atom. The Labute approximate surface area is 136 Å². The maximum atomic E-state index is 12.6. The summed E-state index contributed by atoms with van der Waals surface area (Å²) in [5.74, 6) is 0. The van der Waals surface area contributed by atoms with Crippen molar-refractivity contribution in [1.29, 1.82) is 0 Å². The topological polar surface area (TPSA) is 50.9 Å². The van der Waals surface area contributed by atoms with Gasteiger partial charge in [0.15, 0.2) is 0 Å². The summed E-state index contributed by atoms with van der Waals surface area (Å²) in [4.78, 5) is 0. The molecule has 124 valence electrons. The third-order valence-corrected chi connectivity index (χ3v) is 3.59. The second-order valence-electron chi connectivity index (χ2n) is 5.33. The summed E-state index contributed by atoms with van der Waals surface area (Å²) in [6.45, 7) is 0.206. The number of hydrogen-bond donors (Lipinski definition) is 1. The smallest absolute Gasteiger partial charge is 0.386 e. The number of halogens is 3. The predicted molar refractivity (Wildman–Crippen MR) is 81.9 cm³/mol. The highest BCUT2D eigenvalue weighted by molar-refractivity contribution is 5.58. The van der Waals surface area contributed by atoms with Crippen LogP contribution in [0.4, 0.5) is 13.2 Å². The molecule has 0 bridgehead atoms. The van der Waals surface area contributed by atoms with E-state index in [1.54, 1.807) is 18.3 Å². The van der Waals surface area contributed by atoms with E-state index in [2.05, 4.69) is 10.3 Å². The van der Waals surface area contributed by atoms with Crippen molar-refractivity contribution in [3.63, 3.8) is 0 Å². The van der Waals surface area contributed by atoms with Crippen LogP contribution in [0.2, 0.25) is 0 Å². The average Bonchev–Trinajstić information content (AvgIpc) is 3.03. The molecule has 1 heterocycles. The molecule has 1 N–H and O–H groups in total. The molecule has 7 heteroatoms. The van der Waals surface area contributed by atoms with Gasteiger partial charge < -0.3 is 5.11 Å². The third kappa shape index (κ3) is 3.62. The van der Waals surface area contributed by atoms with E-state index in [9.17, 15) is 18.3 Å². The van der Waals surface area contributed by atoms with Crippen LogP contribution in [0.3, 0.4) is 0 Å². The fourth-order valence-corrected chi connectivity index (χ4v) is 2.31. The van der Waals surface area contributed by atoms with Crippen molar-refractivity contribution in [3.05, 3.63) is 71.9 Å². The molecule has 0 spiro atoms. The van der Waals surface area contributed by atoms with Crippen LogP contribution in [-0.2, 0) is 12.7 Å². The van der Waals surface area contributed by atoms with Crippen molar-refractivity contribution in [2.45, 2.75) is 18.8 Å². The quantitative estimate of drug-likeness (QED) is 0.792. The fraction of sp³-hybridized carbons (Fsp3) is 0.176. The first-order chi connectivity index (χ1) is 11.4. The minimum Gasteiger partial charge on any atom is -0.386 e. The van der Waals surface area contributed by atoms with Crippen molar-refractivity contribution >= 4 is 0 Å². The summed E-state index contributed by atoms with van der Waals surface area (Å²) in [5.41, 5.74) is 1.02. The Hall–Kier alpha value is -2.67. The van der Waals surface area contributed by atoms with Crippen molar-refractivity contribution in [3.8, 4) is 11.3 Å². The third-order valence-electron chi connectivity index (χ3n) is 3.59. The minimum atomic E-state index is -4.37. The van der Waals surface area contributed by atoms with Crippen LogP contribution in [0.15, 0.2) is 60.8 Å². The molecule has 0 aliphatic heterocycles. The van der Waals surface area contributed by atoms with E-state index in [0.29, 0.717) is 11.3 Å². The number of aliphatic hydroxyl groups excluding tert-OH is 1. The molecule has 1 unspecified atom stereocenters. The summed E-state index contributed by atoms with van der Waals surface area (Å²) < 4.78 is 39.2. The highest BCUT2D eigenvalue weighted by atomic mass is 19.4. The van der Waals surface area contributed by atoms with Crippen molar-refractivity contribution in [2.75, 3.05) is 0 Å². The molecule has 0 saturated heterocycles. The summed E-state index contributed by atoms with van der Waals surface area (Å²) >= 11 is 0. The van der Waals surface area contributed by atoms with Crippen LogP contribution in [-0.4, -0.2) is 20.1 Å². The molecule has 3 aromatic rings. The largest absolute Gasteiger partial charge is 0.416 e. The summed E-state index contributed by atoms with van der Waals surface area (Å²) in [5, 5.41) is 18.0. The number of alkyl halides is 3. The molecular formula is C17H14F3N3O. The molecular weight excluding hydrogens is 319 g/mol. The van der Waals surface area contributed by atoms with Gasteiger partial charge in [0.2, 0.25) is 0 Å².